The average Bonchev–Trinajstić information content (AvgIpc) is 3.22. The van der Waals surface area contributed by atoms with Gasteiger partial charge in [-0.15, -0.1) is 5.10 Å². The first-order valence-electron chi connectivity index (χ1n) is 7.89. The summed E-state index contributed by atoms with van der Waals surface area (Å²) >= 11 is 1.29. The molecular formula is C19H15N3O3S. The van der Waals surface area contributed by atoms with Crippen molar-refractivity contribution >= 4 is 22.4 Å². The lowest BCUT2D eigenvalue weighted by molar-refractivity contribution is 0.354. The van der Waals surface area contributed by atoms with Crippen LogP contribution in [0.4, 0.5) is 0 Å². The summed E-state index contributed by atoms with van der Waals surface area (Å²) in [4.78, 5) is 17.7. The van der Waals surface area contributed by atoms with Crippen molar-refractivity contribution in [3.05, 3.63) is 69.0 Å². The smallest absolute Gasteiger partial charge is 0.291 e. The molecule has 0 atom stereocenters. The summed E-state index contributed by atoms with van der Waals surface area (Å²) in [5.41, 5.74) is 1.43. The van der Waals surface area contributed by atoms with Crippen LogP contribution in [0.25, 0.3) is 22.4 Å². The second-order valence-electron chi connectivity index (χ2n) is 5.49. The van der Waals surface area contributed by atoms with Gasteiger partial charge in [-0.2, -0.15) is 9.50 Å². The number of methoxy groups -OCH3 is 2. The third-order valence-corrected chi connectivity index (χ3v) is 4.89. The van der Waals surface area contributed by atoms with Gasteiger partial charge in [0, 0.05) is 11.1 Å². The molecule has 0 N–H and O–H groups in total. The van der Waals surface area contributed by atoms with Gasteiger partial charge >= 0.3 is 0 Å². The van der Waals surface area contributed by atoms with Crippen LogP contribution in [0.2, 0.25) is 0 Å². The summed E-state index contributed by atoms with van der Waals surface area (Å²) in [7, 11) is 3.15. The van der Waals surface area contributed by atoms with Gasteiger partial charge in [-0.3, -0.25) is 4.79 Å². The topological polar surface area (TPSA) is 65.7 Å². The molecule has 0 saturated heterocycles. The van der Waals surface area contributed by atoms with Crippen LogP contribution in [0.1, 0.15) is 5.56 Å². The predicted molar refractivity (Wildman–Crippen MR) is 101 cm³/mol. The molecule has 0 amide bonds. The van der Waals surface area contributed by atoms with Crippen molar-refractivity contribution in [2.24, 2.45) is 0 Å². The van der Waals surface area contributed by atoms with Gasteiger partial charge in [0.05, 0.1) is 18.8 Å². The number of nitrogens with zero attached hydrogens (tertiary/aromatic N) is 3. The molecule has 7 heteroatoms. The zero-order chi connectivity index (χ0) is 18.1. The van der Waals surface area contributed by atoms with E-state index in [1.165, 1.54) is 15.9 Å². The number of aromatic nitrogens is 3. The van der Waals surface area contributed by atoms with Gasteiger partial charge in [0.1, 0.15) is 0 Å². The Kier molecular flexibility index (Phi) is 4.14. The van der Waals surface area contributed by atoms with Crippen LogP contribution in [0, 0.1) is 0 Å². The molecule has 4 rings (SSSR count). The Hall–Kier alpha value is -3.19. The molecule has 0 aliphatic rings. The molecule has 0 saturated carbocycles. The minimum atomic E-state index is -0.204. The van der Waals surface area contributed by atoms with Crippen LogP contribution >= 0.6 is 11.3 Å². The van der Waals surface area contributed by atoms with E-state index < -0.39 is 0 Å². The lowest BCUT2D eigenvalue weighted by Crippen LogP contribution is -2.23. The highest BCUT2D eigenvalue weighted by atomic mass is 32.1. The second kappa shape index (κ2) is 6.61. The average molecular weight is 365 g/mol. The molecule has 26 heavy (non-hydrogen) atoms. The fourth-order valence-electron chi connectivity index (χ4n) is 2.71. The van der Waals surface area contributed by atoms with E-state index in [2.05, 4.69) is 10.1 Å². The van der Waals surface area contributed by atoms with E-state index in [-0.39, 0.29) is 5.56 Å². The van der Waals surface area contributed by atoms with Gasteiger partial charge in [-0.1, -0.05) is 53.8 Å². The summed E-state index contributed by atoms with van der Waals surface area (Å²) in [5, 5.41) is 4.35. The number of thiazole rings is 1. The van der Waals surface area contributed by atoms with Gasteiger partial charge in [-0.25, -0.2) is 0 Å². The van der Waals surface area contributed by atoms with E-state index >= 15 is 0 Å². The van der Waals surface area contributed by atoms with Gasteiger partial charge in [-0.05, 0) is 12.1 Å². The molecule has 0 spiro atoms. The Bertz CT molecular complexity index is 1180. The Labute approximate surface area is 153 Å². The van der Waals surface area contributed by atoms with Crippen molar-refractivity contribution in [1.29, 1.82) is 0 Å². The summed E-state index contributed by atoms with van der Waals surface area (Å²) in [6.07, 6.45) is 1.77. The van der Waals surface area contributed by atoms with Crippen LogP contribution < -0.4 is 19.6 Å². The number of para-hydroxylation sites is 1. The third kappa shape index (κ3) is 2.72. The van der Waals surface area contributed by atoms with Gasteiger partial charge in [0.2, 0.25) is 4.96 Å². The Morgan fingerprint density at radius 3 is 2.54 bits per heavy atom. The number of hydrogen-bond acceptors (Lipinski definition) is 6. The standard InChI is InChI=1S/C19H15N3O3S/c1-24-14-10-6-9-13(16(14)25-2)11-15-18(23)22-19(26-15)20-17(21-22)12-7-4-3-5-8-12/h3-11H,1-2H3/b15-11+. The first kappa shape index (κ1) is 16.3. The van der Waals surface area contributed by atoms with Crippen molar-refractivity contribution in [2.75, 3.05) is 14.2 Å². The minimum absolute atomic E-state index is 0.204. The monoisotopic (exact) mass is 365 g/mol. The fourth-order valence-corrected chi connectivity index (χ4v) is 3.61. The molecule has 0 fully saturated rings. The van der Waals surface area contributed by atoms with Crippen molar-refractivity contribution in [3.8, 4) is 22.9 Å². The van der Waals surface area contributed by atoms with Crippen LogP contribution in [0.5, 0.6) is 11.5 Å². The Balaban J connectivity index is 1.84. The molecule has 0 unspecified atom stereocenters. The molecule has 2 heterocycles. The predicted octanol–water partition coefficient (Wildman–Crippen LogP) is 2.38. The maximum Gasteiger partial charge on any atom is 0.291 e. The molecule has 6 nitrogen and oxygen atoms in total. The molecule has 0 aliphatic carbocycles. The van der Waals surface area contributed by atoms with Gasteiger partial charge in [0.15, 0.2) is 17.3 Å². The van der Waals surface area contributed by atoms with Crippen LogP contribution in [0.3, 0.4) is 0 Å². The highest BCUT2D eigenvalue weighted by Gasteiger charge is 2.13. The second-order valence-corrected chi connectivity index (χ2v) is 6.50. The number of ether oxygens (including phenoxy) is 2. The zero-order valence-corrected chi connectivity index (χ0v) is 15.0. The summed E-state index contributed by atoms with van der Waals surface area (Å²) in [6.45, 7) is 0. The van der Waals surface area contributed by atoms with Crippen molar-refractivity contribution in [3.63, 3.8) is 0 Å². The van der Waals surface area contributed by atoms with E-state index in [1.54, 1.807) is 20.3 Å². The number of fused-ring (bicyclic) bond motifs is 1. The van der Waals surface area contributed by atoms with Crippen LogP contribution in [-0.4, -0.2) is 28.8 Å². The van der Waals surface area contributed by atoms with E-state index in [1.807, 2.05) is 48.5 Å². The molecule has 130 valence electrons. The normalized spacial score (nSPS) is 11.8. The zero-order valence-electron chi connectivity index (χ0n) is 14.2. The SMILES string of the molecule is COc1cccc(/C=c2/sc3nc(-c4ccccc4)nn3c2=O)c1OC. The number of rotatable bonds is 4. The number of hydrogen-bond donors (Lipinski definition) is 0. The molecule has 0 aliphatic heterocycles. The number of benzene rings is 2. The molecule has 2 aromatic carbocycles. The van der Waals surface area contributed by atoms with Crippen molar-refractivity contribution in [1.82, 2.24) is 14.6 Å². The summed E-state index contributed by atoms with van der Waals surface area (Å²) < 4.78 is 12.6. The largest absolute Gasteiger partial charge is 0.493 e. The van der Waals surface area contributed by atoms with E-state index in [4.69, 9.17) is 9.47 Å². The first-order valence-corrected chi connectivity index (χ1v) is 8.70. The highest BCUT2D eigenvalue weighted by Crippen LogP contribution is 2.31. The Morgan fingerprint density at radius 1 is 1.04 bits per heavy atom. The van der Waals surface area contributed by atoms with Gasteiger partial charge in [0.25, 0.3) is 5.56 Å². The minimum Gasteiger partial charge on any atom is -0.493 e. The summed E-state index contributed by atoms with van der Waals surface area (Å²) in [5.74, 6) is 1.73. The molecule has 0 radical (unpaired) electrons. The van der Waals surface area contributed by atoms with E-state index in [0.29, 0.717) is 26.8 Å². The lowest BCUT2D eigenvalue weighted by atomic mass is 10.2. The third-order valence-electron chi connectivity index (χ3n) is 3.93. The molecular weight excluding hydrogens is 350 g/mol. The fraction of sp³-hybridized carbons (Fsp3) is 0.105. The maximum atomic E-state index is 12.7. The van der Waals surface area contributed by atoms with Crippen LogP contribution in [0.15, 0.2) is 53.3 Å². The maximum absolute atomic E-state index is 12.7. The first-order chi connectivity index (χ1) is 12.7. The van der Waals surface area contributed by atoms with Gasteiger partial charge < -0.3 is 9.47 Å². The lowest BCUT2D eigenvalue weighted by Gasteiger charge is -2.09. The molecule has 0 bridgehead atoms. The van der Waals surface area contributed by atoms with E-state index in [9.17, 15) is 4.79 Å². The molecule has 4 aromatic rings. The van der Waals surface area contributed by atoms with Crippen LogP contribution in [-0.2, 0) is 0 Å². The summed E-state index contributed by atoms with van der Waals surface area (Å²) in [6, 6.07) is 15.1. The quantitative estimate of drug-likeness (QED) is 0.556. The van der Waals surface area contributed by atoms with Crippen molar-refractivity contribution in [2.45, 2.75) is 0 Å². The van der Waals surface area contributed by atoms with Crippen molar-refractivity contribution < 1.29 is 9.47 Å². The molecule has 2 aromatic heterocycles. The Morgan fingerprint density at radius 2 is 1.85 bits per heavy atom. The highest BCUT2D eigenvalue weighted by molar-refractivity contribution is 7.15. The van der Waals surface area contributed by atoms with E-state index in [0.717, 1.165) is 11.1 Å².